The van der Waals surface area contributed by atoms with Crippen molar-refractivity contribution in [3.63, 3.8) is 0 Å². The van der Waals surface area contributed by atoms with E-state index in [9.17, 15) is 14.9 Å². The number of benzene rings is 2. The average Bonchev–Trinajstić information content (AvgIpc) is 2.96. The number of rotatable bonds is 8. The molecule has 220 valence electrons. The van der Waals surface area contributed by atoms with Gasteiger partial charge in [-0.25, -0.2) is 14.8 Å². The molecule has 0 bridgehead atoms. The number of nitrogens with zero attached hydrogens (tertiary/aromatic N) is 5. The maximum absolute atomic E-state index is 13.5. The minimum atomic E-state index is -0.758. The van der Waals surface area contributed by atoms with Gasteiger partial charge in [-0.2, -0.15) is 5.26 Å². The van der Waals surface area contributed by atoms with E-state index in [1.54, 1.807) is 40.1 Å². The zero-order valence-electron chi connectivity index (χ0n) is 24.9. The lowest BCUT2D eigenvalue weighted by atomic mass is 9.99. The number of hydrogen-bond acceptors (Lipinski definition) is 8. The quantitative estimate of drug-likeness (QED) is 0.372. The Hall–Kier alpha value is -4.33. The van der Waals surface area contributed by atoms with Gasteiger partial charge in [0.2, 0.25) is 5.82 Å². The molecule has 0 spiro atoms. The molecule has 42 heavy (non-hydrogen) atoms. The van der Waals surface area contributed by atoms with Gasteiger partial charge in [-0.05, 0) is 71.3 Å². The van der Waals surface area contributed by atoms with Gasteiger partial charge in [0.05, 0.1) is 30.6 Å². The summed E-state index contributed by atoms with van der Waals surface area (Å²) in [6, 6.07) is 13.5. The Balaban J connectivity index is 1.77. The molecule has 0 aliphatic carbocycles. The van der Waals surface area contributed by atoms with Crippen LogP contribution in [0.1, 0.15) is 49.8 Å². The molecular weight excluding hydrogens is 532 g/mol. The van der Waals surface area contributed by atoms with Crippen molar-refractivity contribution >= 4 is 28.5 Å². The lowest BCUT2D eigenvalue weighted by Crippen LogP contribution is -2.43. The monoisotopic (exact) mass is 570 g/mol. The third-order valence-electron chi connectivity index (χ3n) is 6.98. The van der Waals surface area contributed by atoms with E-state index in [1.807, 2.05) is 36.4 Å². The molecule has 1 fully saturated rings. The number of nitriles is 1. The Morgan fingerprint density at radius 1 is 1.19 bits per heavy atom. The highest BCUT2D eigenvalue weighted by atomic mass is 16.6. The second kappa shape index (κ2) is 13.1. The SMILES string of the molecule is C=C(C#N)CN(C(=O)OC(C)(C)C)c1c(COC)ccc2ccc(-c3ccnc(C(=O)NC4CCN(C)CC4)n3)cc12. The van der Waals surface area contributed by atoms with E-state index in [0.29, 0.717) is 11.4 Å². The van der Waals surface area contributed by atoms with Gasteiger partial charge in [0.1, 0.15) is 5.60 Å². The first-order valence-corrected chi connectivity index (χ1v) is 13.9. The molecule has 10 nitrogen and oxygen atoms in total. The summed E-state index contributed by atoms with van der Waals surface area (Å²) in [6.07, 6.45) is 2.73. The molecule has 1 aliphatic rings. The van der Waals surface area contributed by atoms with Gasteiger partial charge >= 0.3 is 6.09 Å². The lowest BCUT2D eigenvalue weighted by molar-refractivity contribution is 0.0583. The van der Waals surface area contributed by atoms with Gasteiger partial charge in [0.25, 0.3) is 5.91 Å². The molecule has 2 heterocycles. The number of carbonyl (C=O) groups is 2. The van der Waals surface area contributed by atoms with Crippen molar-refractivity contribution in [2.75, 3.05) is 38.7 Å². The van der Waals surface area contributed by atoms with Crippen LogP contribution in [0.5, 0.6) is 0 Å². The fourth-order valence-corrected chi connectivity index (χ4v) is 4.91. The Labute approximate surface area is 246 Å². The first-order valence-electron chi connectivity index (χ1n) is 13.9. The zero-order chi connectivity index (χ0) is 30.4. The third-order valence-corrected chi connectivity index (χ3v) is 6.98. The topological polar surface area (TPSA) is 121 Å². The fraction of sp³-hybridized carbons (Fsp3) is 0.406. The highest BCUT2D eigenvalue weighted by Crippen LogP contribution is 2.35. The fourth-order valence-electron chi connectivity index (χ4n) is 4.91. The zero-order valence-corrected chi connectivity index (χ0v) is 24.9. The van der Waals surface area contributed by atoms with Crippen LogP contribution in [-0.2, 0) is 16.1 Å². The second-order valence-corrected chi connectivity index (χ2v) is 11.5. The van der Waals surface area contributed by atoms with E-state index in [0.717, 1.165) is 47.8 Å². The van der Waals surface area contributed by atoms with Crippen LogP contribution < -0.4 is 10.2 Å². The Bertz CT molecular complexity index is 1520. The highest BCUT2D eigenvalue weighted by Gasteiger charge is 2.28. The molecule has 2 amide bonds. The Kier molecular flexibility index (Phi) is 9.55. The van der Waals surface area contributed by atoms with E-state index in [4.69, 9.17) is 9.47 Å². The number of ether oxygens (including phenoxy) is 2. The predicted molar refractivity (Wildman–Crippen MR) is 162 cm³/mol. The predicted octanol–water partition coefficient (Wildman–Crippen LogP) is 5.09. The number of amides is 2. The van der Waals surface area contributed by atoms with Gasteiger partial charge in [-0.3, -0.25) is 9.69 Å². The standard InChI is InChI=1S/C32H38N6O4/c1-21(18-33)19-38(31(40)42-32(2,3)4)28-24(20-41-6)10-8-22-7-9-23(17-26(22)28)27-11-14-34-29(36-27)30(39)35-25-12-15-37(5)16-13-25/h7-11,14,17,25H,1,12-13,15-16,19-20H2,2-6H3,(H,35,39). The molecular formula is C32H38N6O4. The summed E-state index contributed by atoms with van der Waals surface area (Å²) in [7, 11) is 3.65. The van der Waals surface area contributed by atoms with Gasteiger partial charge < -0.3 is 19.7 Å². The average molecular weight is 571 g/mol. The van der Waals surface area contributed by atoms with Crippen LogP contribution in [0.25, 0.3) is 22.0 Å². The van der Waals surface area contributed by atoms with E-state index in [2.05, 4.69) is 33.8 Å². The second-order valence-electron chi connectivity index (χ2n) is 11.5. The lowest BCUT2D eigenvalue weighted by Gasteiger charge is -2.29. The number of aromatic nitrogens is 2. The first kappa shape index (κ1) is 30.6. The number of carbonyl (C=O) groups excluding carboxylic acids is 2. The molecule has 10 heteroatoms. The summed E-state index contributed by atoms with van der Waals surface area (Å²) in [6.45, 7) is 11.2. The number of hydrogen-bond donors (Lipinski definition) is 1. The first-order chi connectivity index (χ1) is 20.0. The van der Waals surface area contributed by atoms with Gasteiger partial charge in [-0.15, -0.1) is 0 Å². The number of piperidine rings is 1. The van der Waals surface area contributed by atoms with Gasteiger partial charge in [-0.1, -0.05) is 30.8 Å². The van der Waals surface area contributed by atoms with Crippen molar-refractivity contribution in [1.82, 2.24) is 20.2 Å². The minimum Gasteiger partial charge on any atom is -0.443 e. The van der Waals surface area contributed by atoms with Crippen LogP contribution in [0, 0.1) is 11.3 Å². The van der Waals surface area contributed by atoms with Crippen molar-refractivity contribution in [2.24, 2.45) is 0 Å². The molecule has 0 radical (unpaired) electrons. The van der Waals surface area contributed by atoms with Crippen LogP contribution >= 0.6 is 0 Å². The van der Waals surface area contributed by atoms with Gasteiger partial charge in [0, 0.05) is 41.4 Å². The molecule has 1 aromatic heterocycles. The normalized spacial score (nSPS) is 14.3. The van der Waals surface area contributed by atoms with E-state index < -0.39 is 11.7 Å². The molecule has 2 aromatic carbocycles. The van der Waals surface area contributed by atoms with Crippen LogP contribution in [0.3, 0.4) is 0 Å². The molecule has 1 N–H and O–H groups in total. The molecule has 1 aliphatic heterocycles. The van der Waals surface area contributed by atoms with Crippen molar-refractivity contribution in [1.29, 1.82) is 5.26 Å². The van der Waals surface area contributed by atoms with Crippen LogP contribution in [-0.4, -0.2) is 72.3 Å². The molecule has 4 rings (SSSR count). The summed E-state index contributed by atoms with van der Waals surface area (Å²) < 4.78 is 11.2. The minimum absolute atomic E-state index is 0.0553. The van der Waals surface area contributed by atoms with Gasteiger partial charge in [0.15, 0.2) is 0 Å². The van der Waals surface area contributed by atoms with Crippen molar-refractivity contribution in [2.45, 2.75) is 51.9 Å². The number of methoxy groups -OCH3 is 1. The maximum atomic E-state index is 13.5. The maximum Gasteiger partial charge on any atom is 0.415 e. The summed E-state index contributed by atoms with van der Waals surface area (Å²) in [5.74, 6) is -0.207. The molecule has 0 saturated carbocycles. The molecule has 3 aromatic rings. The molecule has 0 atom stereocenters. The summed E-state index contributed by atoms with van der Waals surface area (Å²) in [4.78, 5) is 39.0. The highest BCUT2D eigenvalue weighted by molar-refractivity contribution is 6.05. The van der Waals surface area contributed by atoms with Crippen molar-refractivity contribution < 1.29 is 19.1 Å². The Morgan fingerprint density at radius 2 is 1.90 bits per heavy atom. The van der Waals surface area contributed by atoms with Crippen LogP contribution in [0.2, 0.25) is 0 Å². The van der Waals surface area contributed by atoms with E-state index in [1.165, 1.54) is 4.90 Å². The van der Waals surface area contributed by atoms with Crippen molar-refractivity contribution in [3.05, 3.63) is 66.1 Å². The largest absolute Gasteiger partial charge is 0.443 e. The van der Waals surface area contributed by atoms with Crippen LogP contribution in [0.4, 0.5) is 10.5 Å². The molecule has 1 saturated heterocycles. The third kappa shape index (κ3) is 7.49. The number of fused-ring (bicyclic) bond motifs is 1. The van der Waals surface area contributed by atoms with Crippen LogP contribution in [0.15, 0.2) is 54.7 Å². The van der Waals surface area contributed by atoms with E-state index >= 15 is 0 Å². The number of likely N-dealkylation sites (tertiary alicyclic amines) is 1. The summed E-state index contributed by atoms with van der Waals surface area (Å²) in [5, 5.41) is 14.2. The van der Waals surface area contributed by atoms with E-state index in [-0.39, 0.29) is 36.5 Å². The smallest absolute Gasteiger partial charge is 0.415 e. The Morgan fingerprint density at radius 3 is 2.57 bits per heavy atom. The molecule has 0 unspecified atom stereocenters. The summed E-state index contributed by atoms with van der Waals surface area (Å²) >= 11 is 0. The summed E-state index contributed by atoms with van der Waals surface area (Å²) in [5.41, 5.74) is 2.03. The van der Waals surface area contributed by atoms with Crippen molar-refractivity contribution in [3.8, 4) is 17.3 Å². The number of anilines is 1. The number of nitrogens with one attached hydrogen (secondary N) is 1.